The van der Waals surface area contributed by atoms with Gasteiger partial charge in [-0.25, -0.2) is 4.79 Å². The highest BCUT2D eigenvalue weighted by Gasteiger charge is 2.57. The van der Waals surface area contributed by atoms with Crippen molar-refractivity contribution in [3.05, 3.63) is 16.9 Å². The van der Waals surface area contributed by atoms with E-state index in [4.69, 9.17) is 9.47 Å². The monoisotopic (exact) mass is 341 g/mol. The molecule has 0 bridgehead atoms. The standard InChI is InChI=1S/C16H23NO7/c1-9-13(18)24-11-5-7-17(22)6-4-10(12(11)17)8-23-14(19)16(3,21)15(9,2)20/h4,9,11-12,20-21H,5-8H2,1-3H3/t9-,11+,12-,15+,16-,17?/m1/s1. The van der Waals surface area contributed by atoms with Gasteiger partial charge in [-0.1, -0.05) is 0 Å². The highest BCUT2D eigenvalue weighted by molar-refractivity contribution is 5.83. The molecule has 3 aliphatic rings. The molecule has 24 heavy (non-hydrogen) atoms. The van der Waals surface area contributed by atoms with Crippen LogP contribution in [0.3, 0.4) is 0 Å². The Kier molecular flexibility index (Phi) is 3.80. The maximum absolute atomic E-state index is 12.8. The maximum atomic E-state index is 12.8. The Bertz CT molecular complexity index is 612. The maximum Gasteiger partial charge on any atom is 0.341 e. The van der Waals surface area contributed by atoms with Crippen LogP contribution in [0.15, 0.2) is 11.6 Å². The van der Waals surface area contributed by atoms with Crippen molar-refractivity contribution in [2.45, 2.75) is 50.5 Å². The van der Waals surface area contributed by atoms with E-state index < -0.39 is 45.9 Å². The summed E-state index contributed by atoms with van der Waals surface area (Å²) in [5, 5.41) is 33.9. The SMILES string of the molecule is C[C@@H]1C(=O)O[C@H]2CC[N+]3([O-])CC=C(COC(=O)[C@@](C)(O)[C@@]1(C)O)[C@H]23. The number of esters is 2. The number of rotatable bonds is 0. The summed E-state index contributed by atoms with van der Waals surface area (Å²) in [4.78, 5) is 24.7. The van der Waals surface area contributed by atoms with E-state index in [9.17, 15) is 25.0 Å². The molecule has 0 aromatic carbocycles. The predicted octanol–water partition coefficient (Wildman–Crippen LogP) is -0.380. The molecule has 8 nitrogen and oxygen atoms in total. The molecule has 0 radical (unpaired) electrons. The molecule has 3 rings (SSSR count). The zero-order valence-electron chi connectivity index (χ0n) is 14.0. The van der Waals surface area contributed by atoms with Crippen molar-refractivity contribution in [1.29, 1.82) is 0 Å². The van der Waals surface area contributed by atoms with Gasteiger partial charge in [-0.2, -0.15) is 0 Å². The average molecular weight is 341 g/mol. The topological polar surface area (TPSA) is 116 Å². The van der Waals surface area contributed by atoms with Gasteiger partial charge in [0.05, 0.1) is 19.0 Å². The third-order valence-electron chi connectivity index (χ3n) is 5.91. The lowest BCUT2D eigenvalue weighted by atomic mass is 9.76. The number of quaternary nitrogens is 1. The van der Waals surface area contributed by atoms with Gasteiger partial charge < -0.3 is 29.5 Å². The highest BCUT2D eigenvalue weighted by Crippen LogP contribution is 2.40. The molecule has 0 aromatic rings. The summed E-state index contributed by atoms with van der Waals surface area (Å²) in [5.41, 5.74) is -3.79. The lowest BCUT2D eigenvalue weighted by Gasteiger charge is -2.40. The second kappa shape index (κ2) is 5.26. The van der Waals surface area contributed by atoms with E-state index in [1.165, 1.54) is 13.8 Å². The van der Waals surface area contributed by atoms with Crippen molar-refractivity contribution >= 4 is 11.9 Å². The first kappa shape index (κ1) is 17.3. The zero-order chi connectivity index (χ0) is 17.9. The molecule has 0 aliphatic carbocycles. The molecule has 134 valence electrons. The Morgan fingerprint density at radius 3 is 2.67 bits per heavy atom. The minimum atomic E-state index is -2.30. The molecule has 1 unspecified atom stereocenters. The zero-order valence-corrected chi connectivity index (χ0v) is 14.0. The third-order valence-corrected chi connectivity index (χ3v) is 5.91. The van der Waals surface area contributed by atoms with Crippen LogP contribution < -0.4 is 0 Å². The molecular formula is C16H23NO7. The van der Waals surface area contributed by atoms with Crippen molar-refractivity contribution in [2.24, 2.45) is 5.92 Å². The van der Waals surface area contributed by atoms with Crippen LogP contribution in [0.1, 0.15) is 27.2 Å². The summed E-state index contributed by atoms with van der Waals surface area (Å²) in [6, 6.07) is -0.595. The summed E-state index contributed by atoms with van der Waals surface area (Å²) in [6.45, 7) is 4.08. The Morgan fingerprint density at radius 2 is 2.00 bits per heavy atom. The van der Waals surface area contributed by atoms with Crippen LogP contribution >= 0.6 is 0 Å². The van der Waals surface area contributed by atoms with Crippen LogP contribution in [0.4, 0.5) is 0 Å². The molecule has 6 atom stereocenters. The van der Waals surface area contributed by atoms with Gasteiger partial charge in [-0.3, -0.25) is 4.79 Å². The Morgan fingerprint density at radius 1 is 1.33 bits per heavy atom. The molecule has 0 amide bonds. The van der Waals surface area contributed by atoms with Crippen molar-refractivity contribution in [2.75, 3.05) is 19.7 Å². The number of carbonyl (C=O) groups excluding carboxylic acids is 2. The first-order chi connectivity index (χ1) is 11.0. The van der Waals surface area contributed by atoms with Crippen LogP contribution in [0, 0.1) is 11.1 Å². The van der Waals surface area contributed by atoms with E-state index in [0.29, 0.717) is 18.5 Å². The lowest BCUT2D eigenvalue weighted by Crippen LogP contribution is -2.61. The molecule has 0 aromatic heterocycles. The summed E-state index contributed by atoms with van der Waals surface area (Å²) in [5.74, 6) is -2.97. The smallest absolute Gasteiger partial charge is 0.341 e. The number of aliphatic hydroxyl groups is 2. The molecule has 3 heterocycles. The molecule has 2 N–H and O–H groups in total. The lowest BCUT2D eigenvalue weighted by molar-refractivity contribution is -0.877. The molecule has 3 aliphatic heterocycles. The first-order valence-electron chi connectivity index (χ1n) is 8.10. The number of ether oxygens (including phenoxy) is 2. The van der Waals surface area contributed by atoms with Gasteiger partial charge in [0, 0.05) is 12.0 Å². The quantitative estimate of drug-likeness (QED) is 0.267. The fourth-order valence-corrected chi connectivity index (χ4v) is 3.75. The van der Waals surface area contributed by atoms with Crippen molar-refractivity contribution in [1.82, 2.24) is 0 Å². The number of nitrogens with zero attached hydrogens (tertiary/aromatic N) is 1. The Balaban J connectivity index is 1.99. The largest absolute Gasteiger partial charge is 0.632 e. The Hall–Kier alpha value is -1.48. The minimum absolute atomic E-state index is 0.166. The first-order valence-corrected chi connectivity index (χ1v) is 8.10. The van der Waals surface area contributed by atoms with E-state index in [2.05, 4.69) is 0 Å². The average Bonchev–Trinajstić information content (AvgIpc) is 2.99. The summed E-state index contributed by atoms with van der Waals surface area (Å²) < 4.78 is 10.1. The second-order valence-corrected chi connectivity index (χ2v) is 7.36. The Labute approximate surface area is 139 Å². The summed E-state index contributed by atoms with van der Waals surface area (Å²) >= 11 is 0. The van der Waals surface area contributed by atoms with Gasteiger partial charge >= 0.3 is 11.9 Å². The van der Waals surface area contributed by atoms with E-state index in [1.807, 2.05) is 0 Å². The summed E-state index contributed by atoms with van der Waals surface area (Å²) in [6.07, 6.45) is 1.50. The van der Waals surface area contributed by atoms with Gasteiger partial charge in [0.25, 0.3) is 0 Å². The number of hydrogen-bond donors (Lipinski definition) is 2. The molecule has 2 saturated heterocycles. The van der Waals surface area contributed by atoms with E-state index in [1.54, 1.807) is 6.08 Å². The second-order valence-electron chi connectivity index (χ2n) is 7.36. The number of hydrogen-bond acceptors (Lipinski definition) is 7. The third kappa shape index (κ3) is 2.28. The van der Waals surface area contributed by atoms with Crippen LogP contribution in [0.25, 0.3) is 0 Å². The minimum Gasteiger partial charge on any atom is -0.632 e. The van der Waals surface area contributed by atoms with Gasteiger partial charge in [0.2, 0.25) is 0 Å². The fourth-order valence-electron chi connectivity index (χ4n) is 3.75. The molecule has 0 spiro atoms. The normalized spacial score (nSPS) is 48.9. The van der Waals surface area contributed by atoms with Crippen LogP contribution in [-0.4, -0.2) is 69.8 Å². The molecule has 8 heteroatoms. The van der Waals surface area contributed by atoms with Crippen molar-refractivity contribution in [3.8, 4) is 0 Å². The van der Waals surface area contributed by atoms with Crippen LogP contribution in [-0.2, 0) is 19.1 Å². The van der Waals surface area contributed by atoms with Crippen molar-refractivity contribution in [3.63, 3.8) is 0 Å². The molecule has 0 saturated carbocycles. The van der Waals surface area contributed by atoms with E-state index in [0.717, 1.165) is 6.92 Å². The van der Waals surface area contributed by atoms with Crippen LogP contribution in [0.2, 0.25) is 0 Å². The van der Waals surface area contributed by atoms with Gasteiger partial charge in [0.15, 0.2) is 17.7 Å². The number of carbonyl (C=O) groups is 2. The molecular weight excluding hydrogens is 318 g/mol. The van der Waals surface area contributed by atoms with Gasteiger partial charge in [-0.05, 0) is 26.8 Å². The molecule has 2 fully saturated rings. The van der Waals surface area contributed by atoms with Gasteiger partial charge in [0.1, 0.15) is 12.2 Å². The number of cyclic esters (lactones) is 1. The predicted molar refractivity (Wildman–Crippen MR) is 81.1 cm³/mol. The van der Waals surface area contributed by atoms with E-state index >= 15 is 0 Å². The van der Waals surface area contributed by atoms with Crippen molar-refractivity contribution < 1.29 is 33.9 Å². The fraction of sp³-hybridized carbons (Fsp3) is 0.750. The van der Waals surface area contributed by atoms with Gasteiger partial charge in [-0.15, -0.1) is 0 Å². The van der Waals surface area contributed by atoms with E-state index in [-0.39, 0.29) is 13.2 Å². The van der Waals surface area contributed by atoms with Crippen LogP contribution in [0.5, 0.6) is 0 Å². The number of hydroxylamine groups is 3. The summed E-state index contributed by atoms with van der Waals surface area (Å²) in [7, 11) is 0. The highest BCUT2D eigenvalue weighted by atomic mass is 16.6.